The number of hydrogen-bond donors (Lipinski definition) is 2. The third-order valence-corrected chi connectivity index (χ3v) is 2.97. The standard InChI is InChI=1S/C12H16BFO4/c14-10-4-3-9(12(6-10)13(15)16)7-17-8-11-2-1-5-18-11/h3-4,6,11,15-16H,1-2,5,7-8H2. The lowest BCUT2D eigenvalue weighted by atomic mass is 9.77. The van der Waals surface area contributed by atoms with Gasteiger partial charge in [-0.25, -0.2) is 4.39 Å². The van der Waals surface area contributed by atoms with Gasteiger partial charge in [-0.15, -0.1) is 0 Å². The van der Waals surface area contributed by atoms with E-state index in [0.29, 0.717) is 12.2 Å². The van der Waals surface area contributed by atoms with Gasteiger partial charge in [-0.05, 0) is 36.0 Å². The largest absolute Gasteiger partial charge is 0.488 e. The highest BCUT2D eigenvalue weighted by Gasteiger charge is 2.18. The summed E-state index contributed by atoms with van der Waals surface area (Å²) in [4.78, 5) is 0. The highest BCUT2D eigenvalue weighted by molar-refractivity contribution is 6.59. The second-order valence-electron chi connectivity index (χ2n) is 4.37. The molecule has 0 spiro atoms. The second kappa shape index (κ2) is 6.29. The maximum absolute atomic E-state index is 13.0. The fourth-order valence-electron chi connectivity index (χ4n) is 2.01. The first-order chi connectivity index (χ1) is 8.66. The van der Waals surface area contributed by atoms with E-state index >= 15 is 0 Å². The van der Waals surface area contributed by atoms with Crippen LogP contribution in [0.4, 0.5) is 4.39 Å². The third kappa shape index (κ3) is 3.52. The molecule has 0 amide bonds. The van der Waals surface area contributed by atoms with Gasteiger partial charge in [0.05, 0.1) is 19.3 Å². The smallest absolute Gasteiger partial charge is 0.423 e. The van der Waals surface area contributed by atoms with Gasteiger partial charge in [0.2, 0.25) is 0 Å². The van der Waals surface area contributed by atoms with E-state index in [0.717, 1.165) is 25.5 Å². The van der Waals surface area contributed by atoms with Gasteiger partial charge < -0.3 is 19.5 Å². The number of rotatable bonds is 5. The van der Waals surface area contributed by atoms with E-state index in [4.69, 9.17) is 19.5 Å². The summed E-state index contributed by atoms with van der Waals surface area (Å²) >= 11 is 0. The molecule has 6 heteroatoms. The molecule has 1 unspecified atom stereocenters. The minimum Gasteiger partial charge on any atom is -0.423 e. The number of benzene rings is 1. The lowest BCUT2D eigenvalue weighted by molar-refractivity contribution is 0.0107. The topological polar surface area (TPSA) is 58.9 Å². The van der Waals surface area contributed by atoms with Crippen molar-refractivity contribution in [3.05, 3.63) is 29.6 Å². The van der Waals surface area contributed by atoms with Crippen molar-refractivity contribution in [3.63, 3.8) is 0 Å². The van der Waals surface area contributed by atoms with Crippen molar-refractivity contribution < 1.29 is 23.9 Å². The predicted molar refractivity (Wildman–Crippen MR) is 64.9 cm³/mol. The average molecular weight is 254 g/mol. The Morgan fingerprint density at radius 2 is 2.28 bits per heavy atom. The van der Waals surface area contributed by atoms with Crippen molar-refractivity contribution in [1.29, 1.82) is 0 Å². The predicted octanol–water partition coefficient (Wildman–Crippen LogP) is 0.201. The Hall–Kier alpha value is -0.945. The quantitative estimate of drug-likeness (QED) is 0.737. The maximum Gasteiger partial charge on any atom is 0.488 e. The van der Waals surface area contributed by atoms with E-state index in [9.17, 15) is 4.39 Å². The zero-order valence-corrected chi connectivity index (χ0v) is 10.0. The molecule has 98 valence electrons. The van der Waals surface area contributed by atoms with Gasteiger partial charge in [0, 0.05) is 6.61 Å². The van der Waals surface area contributed by atoms with Crippen LogP contribution >= 0.6 is 0 Å². The van der Waals surface area contributed by atoms with Gasteiger partial charge in [-0.2, -0.15) is 0 Å². The summed E-state index contributed by atoms with van der Waals surface area (Å²) in [5.74, 6) is -0.499. The first-order valence-electron chi connectivity index (χ1n) is 6.00. The zero-order valence-electron chi connectivity index (χ0n) is 10.0. The van der Waals surface area contributed by atoms with E-state index in [1.165, 1.54) is 12.1 Å². The summed E-state index contributed by atoms with van der Waals surface area (Å²) in [6, 6.07) is 3.88. The first kappa shape index (κ1) is 13.5. The molecule has 2 N–H and O–H groups in total. The minimum atomic E-state index is -1.69. The Morgan fingerprint density at radius 1 is 1.44 bits per heavy atom. The van der Waals surface area contributed by atoms with Gasteiger partial charge >= 0.3 is 7.12 Å². The summed E-state index contributed by atoms with van der Waals surface area (Å²) in [5, 5.41) is 18.3. The Balaban J connectivity index is 1.91. The Morgan fingerprint density at radius 3 is 2.94 bits per heavy atom. The van der Waals surface area contributed by atoms with Crippen LogP contribution in [0.3, 0.4) is 0 Å². The van der Waals surface area contributed by atoms with Crippen molar-refractivity contribution in [3.8, 4) is 0 Å². The highest BCUT2D eigenvalue weighted by Crippen LogP contribution is 2.13. The fourth-order valence-corrected chi connectivity index (χ4v) is 2.01. The number of halogens is 1. The van der Waals surface area contributed by atoms with Crippen LogP contribution in [-0.4, -0.2) is 36.5 Å². The van der Waals surface area contributed by atoms with E-state index in [2.05, 4.69) is 0 Å². The molecular weight excluding hydrogens is 238 g/mol. The molecule has 1 saturated heterocycles. The molecule has 2 rings (SSSR count). The molecule has 4 nitrogen and oxygen atoms in total. The van der Waals surface area contributed by atoms with E-state index in [1.807, 2.05) is 0 Å². The molecule has 1 heterocycles. The average Bonchev–Trinajstić information content (AvgIpc) is 2.84. The van der Waals surface area contributed by atoms with Crippen LogP contribution in [0.15, 0.2) is 18.2 Å². The molecule has 0 radical (unpaired) electrons. The molecule has 0 aliphatic carbocycles. The molecule has 1 fully saturated rings. The van der Waals surface area contributed by atoms with E-state index in [1.54, 1.807) is 0 Å². The van der Waals surface area contributed by atoms with Crippen molar-refractivity contribution in [2.45, 2.75) is 25.6 Å². The van der Waals surface area contributed by atoms with Crippen LogP contribution in [0.1, 0.15) is 18.4 Å². The number of ether oxygens (including phenoxy) is 2. The van der Waals surface area contributed by atoms with Crippen LogP contribution < -0.4 is 5.46 Å². The normalized spacial score (nSPS) is 19.2. The molecule has 0 saturated carbocycles. The maximum atomic E-state index is 13.0. The lowest BCUT2D eigenvalue weighted by Gasteiger charge is -2.12. The molecule has 0 aromatic heterocycles. The van der Waals surface area contributed by atoms with Crippen molar-refractivity contribution in [2.24, 2.45) is 0 Å². The van der Waals surface area contributed by atoms with Gasteiger partial charge in [0.1, 0.15) is 5.82 Å². The van der Waals surface area contributed by atoms with Crippen molar-refractivity contribution in [1.82, 2.24) is 0 Å². The molecule has 18 heavy (non-hydrogen) atoms. The zero-order chi connectivity index (χ0) is 13.0. The minimum absolute atomic E-state index is 0.118. The van der Waals surface area contributed by atoms with Crippen molar-refractivity contribution in [2.75, 3.05) is 13.2 Å². The summed E-state index contributed by atoms with van der Waals surface area (Å²) in [6.07, 6.45) is 2.15. The van der Waals surface area contributed by atoms with Gasteiger partial charge in [-0.3, -0.25) is 0 Å². The Kier molecular flexibility index (Phi) is 4.71. The molecular formula is C12H16BFO4. The monoisotopic (exact) mass is 254 g/mol. The van der Waals surface area contributed by atoms with Gasteiger partial charge in [-0.1, -0.05) is 6.07 Å². The van der Waals surface area contributed by atoms with Crippen LogP contribution in [0, 0.1) is 5.82 Å². The third-order valence-electron chi connectivity index (χ3n) is 2.97. The van der Waals surface area contributed by atoms with Gasteiger partial charge in [0.25, 0.3) is 0 Å². The van der Waals surface area contributed by atoms with Gasteiger partial charge in [0.15, 0.2) is 0 Å². The molecule has 0 bridgehead atoms. The summed E-state index contributed by atoms with van der Waals surface area (Å²) < 4.78 is 23.9. The molecule has 1 aliphatic heterocycles. The molecule has 1 aromatic rings. The van der Waals surface area contributed by atoms with Crippen LogP contribution in [0.25, 0.3) is 0 Å². The Bertz CT molecular complexity index is 394. The highest BCUT2D eigenvalue weighted by atomic mass is 19.1. The van der Waals surface area contributed by atoms with Crippen LogP contribution in [0.2, 0.25) is 0 Å². The van der Waals surface area contributed by atoms with E-state index in [-0.39, 0.29) is 18.2 Å². The SMILES string of the molecule is OB(O)c1cc(F)ccc1COCC1CCCO1. The summed E-state index contributed by atoms with van der Waals surface area (Å²) in [6.45, 7) is 1.45. The molecule has 1 aromatic carbocycles. The Labute approximate surface area is 105 Å². The fraction of sp³-hybridized carbons (Fsp3) is 0.500. The van der Waals surface area contributed by atoms with E-state index < -0.39 is 12.9 Å². The first-order valence-corrected chi connectivity index (χ1v) is 6.00. The molecule has 1 atom stereocenters. The molecule has 1 aliphatic rings. The number of hydrogen-bond acceptors (Lipinski definition) is 4. The van der Waals surface area contributed by atoms with Crippen LogP contribution in [0.5, 0.6) is 0 Å². The van der Waals surface area contributed by atoms with Crippen LogP contribution in [-0.2, 0) is 16.1 Å². The summed E-state index contributed by atoms with van der Waals surface area (Å²) in [7, 11) is -1.69. The van der Waals surface area contributed by atoms with Crippen molar-refractivity contribution >= 4 is 12.6 Å². The second-order valence-corrected chi connectivity index (χ2v) is 4.37. The summed E-state index contributed by atoms with van der Waals surface area (Å²) in [5.41, 5.74) is 0.715. The lowest BCUT2D eigenvalue weighted by Crippen LogP contribution is -2.33.